The number of amides is 1. The minimum Gasteiger partial charge on any atom is -0.495 e. The van der Waals surface area contributed by atoms with Gasteiger partial charge in [0.05, 0.1) is 17.0 Å². The normalized spacial score (nSPS) is 16.3. The second kappa shape index (κ2) is 9.81. The van der Waals surface area contributed by atoms with Gasteiger partial charge in [0.15, 0.2) is 0 Å². The molecule has 1 N–H and O–H groups in total. The van der Waals surface area contributed by atoms with Crippen molar-refractivity contribution in [1.29, 1.82) is 0 Å². The molecule has 1 amide bonds. The van der Waals surface area contributed by atoms with Gasteiger partial charge in [0.25, 0.3) is 0 Å². The fourth-order valence-electron chi connectivity index (χ4n) is 3.55. The highest BCUT2D eigenvalue weighted by Gasteiger charge is 2.31. The van der Waals surface area contributed by atoms with Crippen molar-refractivity contribution in [2.75, 3.05) is 20.2 Å². The molecule has 0 spiro atoms. The summed E-state index contributed by atoms with van der Waals surface area (Å²) in [6.45, 7) is 3.45. The van der Waals surface area contributed by atoms with Gasteiger partial charge >= 0.3 is 0 Å². The molecule has 8 heteroatoms. The molecule has 1 aliphatic rings. The maximum absolute atomic E-state index is 13.2. The Morgan fingerprint density at radius 2 is 1.87 bits per heavy atom. The number of ether oxygens (including phenoxy) is 1. The van der Waals surface area contributed by atoms with Crippen molar-refractivity contribution in [2.45, 2.75) is 37.1 Å². The zero-order chi connectivity index (χ0) is 21.7. The Morgan fingerprint density at radius 3 is 2.47 bits per heavy atom. The van der Waals surface area contributed by atoms with E-state index in [4.69, 9.17) is 16.3 Å². The maximum atomic E-state index is 13.2. The number of hydrogen-bond donors (Lipinski definition) is 1. The summed E-state index contributed by atoms with van der Waals surface area (Å²) in [6, 6.07) is 12.7. The number of carbonyl (C=O) groups excluding carboxylic acids is 1. The molecule has 2 aromatic carbocycles. The molecule has 1 atom stereocenters. The van der Waals surface area contributed by atoms with Gasteiger partial charge in [-0.2, -0.15) is 4.72 Å². The fraction of sp³-hybridized carbons (Fsp3) is 0.409. The number of hydrogen-bond acceptors (Lipinski definition) is 4. The topological polar surface area (TPSA) is 75.7 Å². The highest BCUT2D eigenvalue weighted by molar-refractivity contribution is 7.89. The highest BCUT2D eigenvalue weighted by Crippen LogP contribution is 2.27. The first-order valence-electron chi connectivity index (χ1n) is 9.98. The third kappa shape index (κ3) is 5.53. The Morgan fingerprint density at radius 1 is 1.20 bits per heavy atom. The number of halogens is 1. The van der Waals surface area contributed by atoms with Crippen LogP contribution in [0.2, 0.25) is 5.02 Å². The molecular weight excluding hydrogens is 424 g/mol. The first kappa shape index (κ1) is 22.6. The number of nitrogens with zero attached hydrogens (tertiary/aromatic N) is 1. The zero-order valence-corrected chi connectivity index (χ0v) is 18.7. The summed E-state index contributed by atoms with van der Waals surface area (Å²) in [5.74, 6) is 0.753. The summed E-state index contributed by atoms with van der Waals surface area (Å²) >= 11 is 6.11. The monoisotopic (exact) mass is 450 g/mol. The third-order valence-corrected chi connectivity index (χ3v) is 7.17. The predicted octanol–water partition coefficient (Wildman–Crippen LogP) is 3.50. The minimum absolute atomic E-state index is 0.00794. The van der Waals surface area contributed by atoms with Crippen LogP contribution in [0.25, 0.3) is 0 Å². The first-order chi connectivity index (χ1) is 14.3. The highest BCUT2D eigenvalue weighted by atomic mass is 35.5. The largest absolute Gasteiger partial charge is 0.495 e. The lowest BCUT2D eigenvalue weighted by atomic mass is 9.98. The van der Waals surface area contributed by atoms with E-state index in [0.717, 1.165) is 18.4 Å². The van der Waals surface area contributed by atoms with Crippen molar-refractivity contribution in [1.82, 2.24) is 9.62 Å². The van der Waals surface area contributed by atoms with Gasteiger partial charge in [0.2, 0.25) is 15.9 Å². The third-order valence-electron chi connectivity index (χ3n) is 5.41. The van der Waals surface area contributed by atoms with Crippen LogP contribution < -0.4 is 9.46 Å². The molecule has 1 saturated heterocycles. The van der Waals surface area contributed by atoms with Crippen molar-refractivity contribution in [2.24, 2.45) is 5.92 Å². The van der Waals surface area contributed by atoms with Crippen molar-refractivity contribution in [3.63, 3.8) is 0 Å². The molecule has 0 aliphatic carbocycles. The summed E-state index contributed by atoms with van der Waals surface area (Å²) < 4.78 is 33.8. The van der Waals surface area contributed by atoms with Crippen LogP contribution in [-0.4, -0.2) is 45.5 Å². The summed E-state index contributed by atoms with van der Waals surface area (Å²) in [5.41, 5.74) is 0.886. The molecule has 1 fully saturated rings. The molecule has 0 aromatic heterocycles. The SMILES string of the molecule is COc1ccc(S(=O)(=O)N[C@H](Cc2ccccc2)C(=O)N2CCC(C)CC2)cc1Cl. The number of nitrogens with one attached hydrogen (secondary N) is 1. The molecule has 2 aromatic rings. The van der Waals surface area contributed by atoms with Crippen molar-refractivity contribution in [3.05, 3.63) is 59.1 Å². The Bertz CT molecular complexity index is 974. The molecule has 0 radical (unpaired) electrons. The van der Waals surface area contributed by atoms with Gasteiger partial charge < -0.3 is 9.64 Å². The van der Waals surface area contributed by atoms with E-state index in [1.165, 1.54) is 25.3 Å². The van der Waals surface area contributed by atoms with Crippen LogP contribution in [0.5, 0.6) is 5.75 Å². The van der Waals surface area contributed by atoms with E-state index >= 15 is 0 Å². The van der Waals surface area contributed by atoms with E-state index in [-0.39, 0.29) is 22.2 Å². The molecule has 0 saturated carbocycles. The lowest BCUT2D eigenvalue weighted by molar-refractivity contribution is -0.134. The van der Waals surface area contributed by atoms with Gasteiger partial charge in [-0.15, -0.1) is 0 Å². The molecule has 3 rings (SSSR count). The molecule has 6 nitrogen and oxygen atoms in total. The van der Waals surface area contributed by atoms with Gasteiger partial charge in [-0.05, 0) is 48.9 Å². The molecular formula is C22H27ClN2O4S. The lowest BCUT2D eigenvalue weighted by Gasteiger charge is -2.33. The first-order valence-corrected chi connectivity index (χ1v) is 11.8. The molecule has 1 aliphatic heterocycles. The van der Waals surface area contributed by atoms with E-state index in [1.807, 2.05) is 30.3 Å². The zero-order valence-electron chi connectivity index (χ0n) is 17.2. The number of rotatable bonds is 7. The average Bonchev–Trinajstić information content (AvgIpc) is 2.74. The van der Waals surface area contributed by atoms with Crippen LogP contribution in [0, 0.1) is 5.92 Å². The standard InChI is InChI=1S/C22H27ClN2O4S/c1-16-10-12-25(13-11-16)22(26)20(14-17-6-4-3-5-7-17)24-30(27,28)18-8-9-21(29-2)19(23)15-18/h3-9,15-16,20,24H,10-14H2,1-2H3/t20-/m1/s1. The second-order valence-electron chi connectivity index (χ2n) is 7.67. The Labute approximate surface area is 183 Å². The van der Waals surface area contributed by atoms with E-state index in [0.29, 0.717) is 24.8 Å². The smallest absolute Gasteiger partial charge is 0.241 e. The summed E-state index contributed by atoms with van der Waals surface area (Å²) in [6.07, 6.45) is 2.12. The fourth-order valence-corrected chi connectivity index (χ4v) is 5.09. The summed E-state index contributed by atoms with van der Waals surface area (Å²) in [7, 11) is -2.50. The van der Waals surface area contributed by atoms with Crippen LogP contribution in [0.15, 0.2) is 53.4 Å². The van der Waals surface area contributed by atoms with E-state index in [2.05, 4.69) is 11.6 Å². The van der Waals surface area contributed by atoms with Gasteiger partial charge in [-0.1, -0.05) is 48.9 Å². The Hall–Kier alpha value is -2.09. The molecule has 0 bridgehead atoms. The Balaban J connectivity index is 1.85. The molecule has 0 unspecified atom stereocenters. The van der Waals surface area contributed by atoms with E-state index in [1.54, 1.807) is 4.90 Å². The van der Waals surface area contributed by atoms with Gasteiger partial charge in [0, 0.05) is 13.1 Å². The predicted molar refractivity (Wildman–Crippen MR) is 117 cm³/mol. The number of sulfonamides is 1. The number of carbonyl (C=O) groups is 1. The number of likely N-dealkylation sites (tertiary alicyclic amines) is 1. The lowest BCUT2D eigenvalue weighted by Crippen LogP contribution is -2.51. The summed E-state index contributed by atoms with van der Waals surface area (Å²) in [5, 5.41) is 0.191. The second-order valence-corrected chi connectivity index (χ2v) is 9.79. The maximum Gasteiger partial charge on any atom is 0.241 e. The van der Waals surface area contributed by atoms with Gasteiger partial charge in [-0.3, -0.25) is 4.79 Å². The Kier molecular flexibility index (Phi) is 7.39. The van der Waals surface area contributed by atoms with Crippen molar-refractivity contribution >= 4 is 27.5 Å². The summed E-state index contributed by atoms with van der Waals surface area (Å²) in [4.78, 5) is 15.0. The van der Waals surface area contributed by atoms with E-state index in [9.17, 15) is 13.2 Å². The average molecular weight is 451 g/mol. The quantitative estimate of drug-likeness (QED) is 0.700. The van der Waals surface area contributed by atoms with Crippen LogP contribution in [-0.2, 0) is 21.2 Å². The minimum atomic E-state index is -3.96. The van der Waals surface area contributed by atoms with Crippen LogP contribution >= 0.6 is 11.6 Å². The van der Waals surface area contributed by atoms with Gasteiger partial charge in [0.1, 0.15) is 11.8 Å². The van der Waals surface area contributed by atoms with Crippen molar-refractivity contribution < 1.29 is 17.9 Å². The molecule has 30 heavy (non-hydrogen) atoms. The molecule has 162 valence electrons. The number of benzene rings is 2. The van der Waals surface area contributed by atoms with Crippen LogP contribution in [0.1, 0.15) is 25.3 Å². The molecule has 1 heterocycles. The number of piperidine rings is 1. The van der Waals surface area contributed by atoms with Crippen LogP contribution in [0.4, 0.5) is 0 Å². The van der Waals surface area contributed by atoms with Gasteiger partial charge in [-0.25, -0.2) is 8.42 Å². The number of methoxy groups -OCH3 is 1. The van der Waals surface area contributed by atoms with Crippen LogP contribution in [0.3, 0.4) is 0 Å². The van der Waals surface area contributed by atoms with E-state index < -0.39 is 16.1 Å². The van der Waals surface area contributed by atoms with Crippen molar-refractivity contribution in [3.8, 4) is 5.75 Å².